The fourth-order valence-electron chi connectivity index (χ4n) is 1.40. The van der Waals surface area contributed by atoms with Gasteiger partial charge in [0, 0.05) is 17.5 Å². The quantitative estimate of drug-likeness (QED) is 0.736. The Bertz CT molecular complexity index is 460. The molecule has 0 amide bonds. The Labute approximate surface area is 81.8 Å². The lowest BCUT2D eigenvalue weighted by molar-refractivity contribution is 0.628. The Morgan fingerprint density at radius 3 is 2.71 bits per heavy atom. The molecule has 1 aromatic carbocycles. The number of hydrogen-bond donors (Lipinski definition) is 1. The summed E-state index contributed by atoms with van der Waals surface area (Å²) >= 11 is 0. The summed E-state index contributed by atoms with van der Waals surface area (Å²) < 4.78 is 13.0. The Hall–Kier alpha value is -1.64. The van der Waals surface area contributed by atoms with Gasteiger partial charge in [-0.3, -0.25) is 0 Å². The van der Waals surface area contributed by atoms with Crippen LogP contribution in [0.25, 0.3) is 11.4 Å². The molecule has 1 N–H and O–H groups in total. The number of rotatable bonds is 1. The maximum Gasteiger partial charge on any atom is 0.137 e. The van der Waals surface area contributed by atoms with E-state index in [1.54, 1.807) is 12.3 Å². The molecule has 1 aromatic heterocycles. The largest absolute Gasteiger partial charge is 0.342 e. The number of hydrogen-bond acceptors (Lipinski definition) is 1. The zero-order chi connectivity index (χ0) is 10.1. The lowest BCUT2D eigenvalue weighted by atomic mass is 10.1. The highest BCUT2D eigenvalue weighted by Crippen LogP contribution is 2.21. The number of nitrogens with one attached hydrogen (secondary N) is 1. The van der Waals surface area contributed by atoms with Crippen LogP contribution in [0.15, 0.2) is 24.4 Å². The highest BCUT2D eigenvalue weighted by atomic mass is 19.1. The minimum absolute atomic E-state index is 0.236. The van der Waals surface area contributed by atoms with Gasteiger partial charge >= 0.3 is 0 Å². The normalized spacial score (nSPS) is 10.5. The molecule has 0 fully saturated rings. The second kappa shape index (κ2) is 3.25. The van der Waals surface area contributed by atoms with E-state index in [1.807, 2.05) is 13.8 Å². The van der Waals surface area contributed by atoms with Gasteiger partial charge in [0.1, 0.15) is 11.6 Å². The average Bonchev–Trinajstić information content (AvgIpc) is 2.56. The fraction of sp³-hybridized carbons (Fsp3) is 0.182. The third-order valence-corrected chi connectivity index (χ3v) is 2.16. The molecule has 0 atom stereocenters. The maximum atomic E-state index is 13.0. The SMILES string of the molecule is Cc1cnc(-c2cc(F)ccc2C)[nH]1. The summed E-state index contributed by atoms with van der Waals surface area (Å²) in [4.78, 5) is 7.25. The first kappa shape index (κ1) is 8.94. The van der Waals surface area contributed by atoms with Crippen molar-refractivity contribution >= 4 is 0 Å². The second-order valence-corrected chi connectivity index (χ2v) is 3.37. The molecule has 0 saturated heterocycles. The van der Waals surface area contributed by atoms with Gasteiger partial charge in [0.05, 0.1) is 0 Å². The fourth-order valence-corrected chi connectivity index (χ4v) is 1.40. The highest BCUT2D eigenvalue weighted by molar-refractivity contribution is 5.60. The van der Waals surface area contributed by atoms with Crippen LogP contribution in [-0.2, 0) is 0 Å². The molecule has 2 aromatic rings. The predicted octanol–water partition coefficient (Wildman–Crippen LogP) is 2.83. The van der Waals surface area contributed by atoms with E-state index in [-0.39, 0.29) is 5.82 Å². The molecule has 0 bridgehead atoms. The van der Waals surface area contributed by atoms with Gasteiger partial charge in [0.15, 0.2) is 0 Å². The van der Waals surface area contributed by atoms with Crippen LogP contribution in [0.3, 0.4) is 0 Å². The third-order valence-electron chi connectivity index (χ3n) is 2.16. The summed E-state index contributed by atoms with van der Waals surface area (Å²) in [5, 5.41) is 0. The number of aromatic nitrogens is 2. The summed E-state index contributed by atoms with van der Waals surface area (Å²) in [5.74, 6) is 0.485. The van der Waals surface area contributed by atoms with Crippen molar-refractivity contribution in [3.05, 3.63) is 41.5 Å². The van der Waals surface area contributed by atoms with Crippen LogP contribution < -0.4 is 0 Å². The Kier molecular flexibility index (Phi) is 2.08. The maximum absolute atomic E-state index is 13.0. The Balaban J connectivity index is 2.55. The molecule has 14 heavy (non-hydrogen) atoms. The number of aromatic amines is 1. The molecule has 1 heterocycles. The van der Waals surface area contributed by atoms with E-state index >= 15 is 0 Å². The van der Waals surface area contributed by atoms with Crippen LogP contribution in [0.4, 0.5) is 4.39 Å². The van der Waals surface area contributed by atoms with Crippen LogP contribution in [0, 0.1) is 19.7 Å². The van der Waals surface area contributed by atoms with Gasteiger partial charge < -0.3 is 4.98 Å². The Morgan fingerprint density at radius 1 is 1.29 bits per heavy atom. The van der Waals surface area contributed by atoms with E-state index in [1.165, 1.54) is 12.1 Å². The minimum atomic E-state index is -0.236. The van der Waals surface area contributed by atoms with E-state index in [2.05, 4.69) is 9.97 Å². The van der Waals surface area contributed by atoms with Crippen molar-refractivity contribution < 1.29 is 4.39 Å². The Morgan fingerprint density at radius 2 is 2.07 bits per heavy atom. The third kappa shape index (κ3) is 1.53. The molecule has 72 valence electrons. The van der Waals surface area contributed by atoms with Gasteiger partial charge in [-0.25, -0.2) is 9.37 Å². The predicted molar refractivity (Wildman–Crippen MR) is 53.5 cm³/mol. The van der Waals surface area contributed by atoms with Crippen LogP contribution >= 0.6 is 0 Å². The van der Waals surface area contributed by atoms with Crippen molar-refractivity contribution in [2.75, 3.05) is 0 Å². The first-order valence-corrected chi connectivity index (χ1v) is 4.45. The van der Waals surface area contributed by atoms with Crippen LogP contribution in [0.1, 0.15) is 11.3 Å². The summed E-state index contributed by atoms with van der Waals surface area (Å²) in [6.45, 7) is 3.86. The number of benzene rings is 1. The molecule has 0 spiro atoms. The van der Waals surface area contributed by atoms with Crippen LogP contribution in [0.5, 0.6) is 0 Å². The van der Waals surface area contributed by atoms with Crippen molar-refractivity contribution in [2.24, 2.45) is 0 Å². The van der Waals surface area contributed by atoms with Crippen molar-refractivity contribution in [3.8, 4) is 11.4 Å². The van der Waals surface area contributed by atoms with Crippen LogP contribution in [0.2, 0.25) is 0 Å². The zero-order valence-corrected chi connectivity index (χ0v) is 8.13. The van der Waals surface area contributed by atoms with Gasteiger partial charge in [-0.1, -0.05) is 6.07 Å². The van der Waals surface area contributed by atoms with E-state index in [0.717, 1.165) is 22.6 Å². The smallest absolute Gasteiger partial charge is 0.137 e. The summed E-state index contributed by atoms with van der Waals surface area (Å²) in [6, 6.07) is 4.70. The molecule has 0 aliphatic rings. The minimum Gasteiger partial charge on any atom is -0.342 e. The lowest BCUT2D eigenvalue weighted by Gasteiger charge is -2.01. The molecular formula is C11H11FN2. The first-order valence-electron chi connectivity index (χ1n) is 4.45. The summed E-state index contributed by atoms with van der Waals surface area (Å²) in [5.41, 5.74) is 2.81. The average molecular weight is 190 g/mol. The van der Waals surface area contributed by atoms with E-state index in [9.17, 15) is 4.39 Å². The molecule has 0 radical (unpaired) electrons. The van der Waals surface area contributed by atoms with Crippen molar-refractivity contribution in [1.29, 1.82) is 0 Å². The lowest BCUT2D eigenvalue weighted by Crippen LogP contribution is -1.87. The van der Waals surface area contributed by atoms with Gasteiger partial charge in [0.2, 0.25) is 0 Å². The molecule has 0 unspecified atom stereocenters. The van der Waals surface area contributed by atoms with Crippen molar-refractivity contribution in [1.82, 2.24) is 9.97 Å². The molecule has 2 nitrogen and oxygen atoms in total. The van der Waals surface area contributed by atoms with Gasteiger partial charge in [-0.05, 0) is 31.5 Å². The van der Waals surface area contributed by atoms with E-state index in [0.29, 0.717) is 0 Å². The number of H-pyrrole nitrogens is 1. The van der Waals surface area contributed by atoms with Gasteiger partial charge in [-0.2, -0.15) is 0 Å². The topological polar surface area (TPSA) is 28.7 Å². The van der Waals surface area contributed by atoms with Crippen LogP contribution in [-0.4, -0.2) is 9.97 Å². The van der Waals surface area contributed by atoms with E-state index < -0.39 is 0 Å². The molecular weight excluding hydrogens is 179 g/mol. The van der Waals surface area contributed by atoms with Crippen molar-refractivity contribution in [2.45, 2.75) is 13.8 Å². The van der Waals surface area contributed by atoms with Crippen molar-refractivity contribution in [3.63, 3.8) is 0 Å². The van der Waals surface area contributed by atoms with E-state index in [4.69, 9.17) is 0 Å². The molecule has 0 saturated carbocycles. The number of imidazole rings is 1. The van der Waals surface area contributed by atoms with Gasteiger partial charge in [0.25, 0.3) is 0 Å². The first-order chi connectivity index (χ1) is 6.66. The molecule has 0 aliphatic heterocycles. The standard InChI is InChI=1S/C11H11FN2/c1-7-3-4-9(12)5-10(7)11-13-6-8(2)14-11/h3-6H,1-2H3,(H,13,14). The summed E-state index contributed by atoms with van der Waals surface area (Å²) in [6.07, 6.45) is 1.74. The molecule has 2 rings (SSSR count). The number of aryl methyl sites for hydroxylation is 2. The van der Waals surface area contributed by atoms with Gasteiger partial charge in [-0.15, -0.1) is 0 Å². The zero-order valence-electron chi connectivity index (χ0n) is 8.13. The molecule has 3 heteroatoms. The monoisotopic (exact) mass is 190 g/mol. The molecule has 0 aliphatic carbocycles. The highest BCUT2D eigenvalue weighted by Gasteiger charge is 2.05. The summed E-state index contributed by atoms with van der Waals surface area (Å²) in [7, 11) is 0. The number of halogens is 1. The second-order valence-electron chi connectivity index (χ2n) is 3.37. The number of nitrogens with zero attached hydrogens (tertiary/aromatic N) is 1.